The molecule has 2 aromatic heterocycles. The molecule has 3 heterocycles. The third kappa shape index (κ3) is 3.67. The minimum absolute atomic E-state index is 0.00448. The third-order valence-electron chi connectivity index (χ3n) is 5.10. The summed E-state index contributed by atoms with van der Waals surface area (Å²) in [7, 11) is 0. The molecule has 4 rings (SSSR count). The molecular weight excluding hydrogens is 358 g/mol. The number of aromatic nitrogens is 2. The van der Waals surface area contributed by atoms with Crippen LogP contribution in [0.2, 0.25) is 0 Å². The highest BCUT2D eigenvalue weighted by atomic mass is 32.1. The molecule has 6 heteroatoms. The fourth-order valence-corrected chi connectivity index (χ4v) is 4.92. The molecule has 0 N–H and O–H groups in total. The largest absolute Gasteiger partial charge is 0.341 e. The number of piperidine rings is 1. The van der Waals surface area contributed by atoms with E-state index in [0.717, 1.165) is 30.0 Å². The first kappa shape index (κ1) is 17.9. The summed E-state index contributed by atoms with van der Waals surface area (Å²) in [6, 6.07) is 11.8. The number of likely N-dealkylation sites (tertiary alicyclic amines) is 1. The first-order valence-electron chi connectivity index (χ1n) is 9.33. The van der Waals surface area contributed by atoms with Gasteiger partial charge in [-0.15, -0.1) is 11.3 Å². The molecule has 0 aliphatic carbocycles. The SMILES string of the molecule is C[C@@H]1C[C@H](C)CN(C(=O)Cn2cnc3sc(-c4ccccc4)cc3c2=O)C1. The van der Waals surface area contributed by atoms with Gasteiger partial charge in [0.15, 0.2) is 0 Å². The summed E-state index contributed by atoms with van der Waals surface area (Å²) in [5, 5.41) is 0.578. The van der Waals surface area contributed by atoms with Crippen LogP contribution >= 0.6 is 11.3 Å². The van der Waals surface area contributed by atoms with Crippen LogP contribution in [-0.4, -0.2) is 33.4 Å². The lowest BCUT2D eigenvalue weighted by Crippen LogP contribution is -2.44. The lowest BCUT2D eigenvalue weighted by Gasteiger charge is -2.35. The van der Waals surface area contributed by atoms with Gasteiger partial charge in [0, 0.05) is 18.0 Å². The van der Waals surface area contributed by atoms with E-state index >= 15 is 0 Å². The lowest BCUT2D eigenvalue weighted by atomic mass is 9.92. The monoisotopic (exact) mass is 381 g/mol. The summed E-state index contributed by atoms with van der Waals surface area (Å²) in [6.07, 6.45) is 2.65. The van der Waals surface area contributed by atoms with Crippen molar-refractivity contribution in [3.63, 3.8) is 0 Å². The van der Waals surface area contributed by atoms with Gasteiger partial charge < -0.3 is 4.90 Å². The maximum Gasteiger partial charge on any atom is 0.262 e. The maximum absolute atomic E-state index is 12.9. The molecule has 1 aliphatic heterocycles. The fourth-order valence-electron chi connectivity index (χ4n) is 3.93. The highest BCUT2D eigenvalue weighted by Crippen LogP contribution is 2.30. The van der Waals surface area contributed by atoms with E-state index in [2.05, 4.69) is 18.8 Å². The van der Waals surface area contributed by atoms with Crippen LogP contribution in [0, 0.1) is 11.8 Å². The molecule has 0 bridgehead atoms. The second-order valence-corrected chi connectivity index (χ2v) is 8.65. The van der Waals surface area contributed by atoms with E-state index in [1.165, 1.54) is 22.2 Å². The van der Waals surface area contributed by atoms with E-state index in [9.17, 15) is 9.59 Å². The summed E-state index contributed by atoms with van der Waals surface area (Å²) in [6.45, 7) is 5.94. The van der Waals surface area contributed by atoms with Crippen molar-refractivity contribution in [1.82, 2.24) is 14.5 Å². The number of carbonyl (C=O) groups is 1. The lowest BCUT2D eigenvalue weighted by molar-refractivity contribution is -0.134. The number of hydrogen-bond donors (Lipinski definition) is 0. The van der Waals surface area contributed by atoms with Gasteiger partial charge in [0.2, 0.25) is 5.91 Å². The summed E-state index contributed by atoms with van der Waals surface area (Å²) in [4.78, 5) is 33.6. The maximum atomic E-state index is 12.9. The average Bonchev–Trinajstić information content (AvgIpc) is 3.09. The van der Waals surface area contributed by atoms with Crippen LogP contribution < -0.4 is 5.56 Å². The zero-order valence-corrected chi connectivity index (χ0v) is 16.4. The van der Waals surface area contributed by atoms with Crippen LogP contribution in [0.5, 0.6) is 0 Å². The Morgan fingerprint density at radius 3 is 2.59 bits per heavy atom. The smallest absolute Gasteiger partial charge is 0.262 e. The molecule has 5 nitrogen and oxygen atoms in total. The molecule has 1 amide bonds. The van der Waals surface area contributed by atoms with Crippen molar-refractivity contribution in [1.29, 1.82) is 0 Å². The number of carbonyl (C=O) groups excluding carboxylic acids is 1. The Morgan fingerprint density at radius 1 is 1.19 bits per heavy atom. The molecule has 0 radical (unpaired) electrons. The van der Waals surface area contributed by atoms with Gasteiger partial charge in [-0.1, -0.05) is 44.2 Å². The van der Waals surface area contributed by atoms with Gasteiger partial charge in [0.05, 0.1) is 11.7 Å². The molecule has 0 spiro atoms. The van der Waals surface area contributed by atoms with Crippen molar-refractivity contribution in [3.8, 4) is 10.4 Å². The second-order valence-electron chi connectivity index (χ2n) is 7.62. The number of amides is 1. The average molecular weight is 382 g/mol. The molecule has 0 saturated carbocycles. The van der Waals surface area contributed by atoms with Crippen LogP contribution in [-0.2, 0) is 11.3 Å². The van der Waals surface area contributed by atoms with Gasteiger partial charge in [-0.05, 0) is 29.9 Å². The number of thiophene rings is 1. The van der Waals surface area contributed by atoms with E-state index in [-0.39, 0.29) is 18.0 Å². The van der Waals surface area contributed by atoms with Crippen molar-refractivity contribution >= 4 is 27.5 Å². The fraction of sp³-hybridized carbons (Fsp3) is 0.381. The van der Waals surface area contributed by atoms with Gasteiger partial charge in [0.1, 0.15) is 11.4 Å². The minimum Gasteiger partial charge on any atom is -0.341 e. The first-order valence-corrected chi connectivity index (χ1v) is 10.1. The van der Waals surface area contributed by atoms with Gasteiger partial charge in [-0.3, -0.25) is 14.2 Å². The quantitative estimate of drug-likeness (QED) is 0.696. The van der Waals surface area contributed by atoms with Crippen molar-refractivity contribution in [2.45, 2.75) is 26.8 Å². The van der Waals surface area contributed by atoms with Crippen molar-refractivity contribution in [3.05, 3.63) is 53.1 Å². The zero-order valence-electron chi connectivity index (χ0n) is 15.6. The minimum atomic E-state index is -0.148. The summed E-state index contributed by atoms with van der Waals surface area (Å²) in [5.41, 5.74) is 0.920. The number of benzene rings is 1. The van der Waals surface area contributed by atoms with Gasteiger partial charge >= 0.3 is 0 Å². The Morgan fingerprint density at radius 2 is 1.89 bits per heavy atom. The Labute approximate surface area is 162 Å². The second kappa shape index (κ2) is 7.27. The van der Waals surface area contributed by atoms with Gasteiger partial charge in [-0.2, -0.15) is 0 Å². The zero-order chi connectivity index (χ0) is 19.0. The standard InChI is InChI=1S/C21H23N3O2S/c1-14-8-15(2)11-23(10-14)19(25)12-24-13-22-20-17(21(24)26)9-18(27-20)16-6-4-3-5-7-16/h3-7,9,13-15H,8,10-12H2,1-2H3/t14-,15+. The normalized spacial score (nSPS) is 20.1. The summed E-state index contributed by atoms with van der Waals surface area (Å²) in [5.74, 6) is 0.996. The van der Waals surface area contributed by atoms with E-state index in [1.54, 1.807) is 0 Å². The highest BCUT2D eigenvalue weighted by molar-refractivity contribution is 7.21. The molecule has 27 heavy (non-hydrogen) atoms. The third-order valence-corrected chi connectivity index (χ3v) is 6.20. The number of rotatable bonds is 3. The van der Waals surface area contributed by atoms with E-state index in [4.69, 9.17) is 0 Å². The predicted molar refractivity (Wildman–Crippen MR) is 109 cm³/mol. The number of hydrogen-bond acceptors (Lipinski definition) is 4. The summed E-state index contributed by atoms with van der Waals surface area (Å²) >= 11 is 1.50. The van der Waals surface area contributed by atoms with Gasteiger partial charge in [-0.25, -0.2) is 4.98 Å². The molecule has 1 aromatic carbocycles. The summed E-state index contributed by atoms with van der Waals surface area (Å²) < 4.78 is 1.44. The van der Waals surface area contributed by atoms with Gasteiger partial charge in [0.25, 0.3) is 5.56 Å². The molecule has 1 saturated heterocycles. The molecule has 3 aromatic rings. The van der Waals surface area contributed by atoms with Crippen LogP contribution in [0.15, 0.2) is 47.5 Å². The molecule has 2 atom stereocenters. The Balaban J connectivity index is 1.60. The van der Waals surface area contributed by atoms with Crippen molar-refractivity contribution < 1.29 is 4.79 Å². The van der Waals surface area contributed by atoms with Crippen molar-refractivity contribution in [2.75, 3.05) is 13.1 Å². The van der Waals surface area contributed by atoms with Crippen LogP contribution in [0.1, 0.15) is 20.3 Å². The molecule has 140 valence electrons. The topological polar surface area (TPSA) is 55.2 Å². The Kier molecular flexibility index (Phi) is 4.83. The molecule has 1 aliphatic rings. The number of fused-ring (bicyclic) bond motifs is 1. The Bertz CT molecular complexity index is 1010. The van der Waals surface area contributed by atoms with Crippen molar-refractivity contribution in [2.24, 2.45) is 11.8 Å². The molecular formula is C21H23N3O2S. The van der Waals surface area contributed by atoms with E-state index in [0.29, 0.717) is 22.1 Å². The van der Waals surface area contributed by atoms with E-state index in [1.807, 2.05) is 41.3 Å². The van der Waals surface area contributed by atoms with Crippen LogP contribution in [0.3, 0.4) is 0 Å². The highest BCUT2D eigenvalue weighted by Gasteiger charge is 2.25. The molecule has 0 unspecified atom stereocenters. The first-order chi connectivity index (χ1) is 13.0. The molecule has 1 fully saturated rings. The van der Waals surface area contributed by atoms with Crippen LogP contribution in [0.25, 0.3) is 20.7 Å². The predicted octanol–water partition coefficient (Wildman–Crippen LogP) is 3.63. The number of nitrogens with zero attached hydrogens (tertiary/aromatic N) is 3. The van der Waals surface area contributed by atoms with Crippen LogP contribution in [0.4, 0.5) is 0 Å². The van der Waals surface area contributed by atoms with E-state index < -0.39 is 0 Å². The Hall–Kier alpha value is -2.47.